The van der Waals surface area contributed by atoms with Crippen LogP contribution in [-0.2, 0) is 14.3 Å². The van der Waals surface area contributed by atoms with E-state index in [4.69, 9.17) is 16.3 Å². The van der Waals surface area contributed by atoms with Crippen LogP contribution in [0.5, 0.6) is 0 Å². The molecule has 0 bridgehead atoms. The van der Waals surface area contributed by atoms with E-state index in [1.807, 2.05) is 37.3 Å². The SMILES string of the molecule is CC[C@H](C(=O)OCC(=O)Nc1ccc([N+](=O)[O-])cc1Cl)c1ccccc1. The molecule has 0 unspecified atom stereocenters. The number of nitro benzene ring substituents is 1. The molecule has 0 spiro atoms. The summed E-state index contributed by atoms with van der Waals surface area (Å²) in [7, 11) is 0. The first-order valence-corrected chi connectivity index (χ1v) is 8.25. The lowest BCUT2D eigenvalue weighted by atomic mass is 9.97. The minimum Gasteiger partial charge on any atom is -0.455 e. The molecule has 1 amide bonds. The zero-order valence-corrected chi connectivity index (χ0v) is 14.7. The molecule has 0 aliphatic heterocycles. The van der Waals surface area contributed by atoms with Crippen molar-refractivity contribution in [3.63, 3.8) is 0 Å². The highest BCUT2D eigenvalue weighted by molar-refractivity contribution is 6.34. The lowest BCUT2D eigenvalue weighted by molar-refractivity contribution is -0.384. The van der Waals surface area contributed by atoms with Gasteiger partial charge in [-0.25, -0.2) is 0 Å². The number of anilines is 1. The molecule has 2 rings (SSSR count). The normalized spacial score (nSPS) is 11.5. The average Bonchev–Trinajstić information content (AvgIpc) is 2.63. The molecule has 136 valence electrons. The fourth-order valence-corrected chi connectivity index (χ4v) is 2.59. The molecule has 0 saturated carbocycles. The second-order valence-electron chi connectivity index (χ2n) is 5.45. The number of hydrogen-bond acceptors (Lipinski definition) is 5. The van der Waals surface area contributed by atoms with E-state index in [-0.39, 0.29) is 16.4 Å². The van der Waals surface area contributed by atoms with Crippen LogP contribution in [0.15, 0.2) is 48.5 Å². The second kappa shape index (κ2) is 8.96. The highest BCUT2D eigenvalue weighted by atomic mass is 35.5. The molecule has 0 heterocycles. The van der Waals surface area contributed by atoms with Crippen LogP contribution in [-0.4, -0.2) is 23.4 Å². The van der Waals surface area contributed by atoms with Crippen molar-refractivity contribution in [2.24, 2.45) is 0 Å². The summed E-state index contributed by atoms with van der Waals surface area (Å²) in [6, 6.07) is 12.8. The Hall–Kier alpha value is -2.93. The number of ether oxygens (including phenoxy) is 1. The van der Waals surface area contributed by atoms with Crippen molar-refractivity contribution in [3.8, 4) is 0 Å². The molecule has 0 fully saturated rings. The van der Waals surface area contributed by atoms with Gasteiger partial charge < -0.3 is 10.1 Å². The van der Waals surface area contributed by atoms with Gasteiger partial charge in [-0.2, -0.15) is 0 Å². The Morgan fingerprint density at radius 3 is 2.50 bits per heavy atom. The number of hydrogen-bond donors (Lipinski definition) is 1. The molecule has 2 aromatic rings. The Bertz CT molecular complexity index is 810. The van der Waals surface area contributed by atoms with Gasteiger partial charge in [-0.1, -0.05) is 48.9 Å². The largest absolute Gasteiger partial charge is 0.455 e. The van der Waals surface area contributed by atoms with Crippen molar-refractivity contribution < 1.29 is 19.2 Å². The molecule has 26 heavy (non-hydrogen) atoms. The highest BCUT2D eigenvalue weighted by Gasteiger charge is 2.21. The van der Waals surface area contributed by atoms with E-state index in [9.17, 15) is 19.7 Å². The number of nitrogens with one attached hydrogen (secondary N) is 1. The van der Waals surface area contributed by atoms with E-state index in [0.29, 0.717) is 6.42 Å². The topological polar surface area (TPSA) is 98.5 Å². The third-order valence-electron chi connectivity index (χ3n) is 3.68. The number of amides is 1. The van der Waals surface area contributed by atoms with Gasteiger partial charge >= 0.3 is 5.97 Å². The fourth-order valence-electron chi connectivity index (χ4n) is 2.37. The maximum absolute atomic E-state index is 12.2. The van der Waals surface area contributed by atoms with Crippen LogP contribution in [0, 0.1) is 10.1 Å². The Morgan fingerprint density at radius 1 is 1.23 bits per heavy atom. The van der Waals surface area contributed by atoms with Gasteiger partial charge in [0.15, 0.2) is 6.61 Å². The third-order valence-corrected chi connectivity index (χ3v) is 3.99. The predicted octanol–water partition coefficient (Wildman–Crippen LogP) is 3.92. The van der Waals surface area contributed by atoms with Gasteiger partial charge in [-0.15, -0.1) is 0 Å². The lowest BCUT2D eigenvalue weighted by Gasteiger charge is -2.14. The standard InChI is InChI=1S/C18H17ClN2O5/c1-2-14(12-6-4-3-5-7-12)18(23)26-11-17(22)20-16-9-8-13(21(24)25)10-15(16)19/h3-10,14H,2,11H2,1H3,(H,20,22)/t14-/m0/s1. The molecule has 2 aromatic carbocycles. The zero-order chi connectivity index (χ0) is 19.1. The lowest BCUT2D eigenvalue weighted by Crippen LogP contribution is -2.24. The number of non-ortho nitro benzene ring substituents is 1. The van der Waals surface area contributed by atoms with Gasteiger partial charge in [0.25, 0.3) is 11.6 Å². The zero-order valence-electron chi connectivity index (χ0n) is 14.0. The number of rotatable bonds is 7. The second-order valence-corrected chi connectivity index (χ2v) is 5.86. The van der Waals surface area contributed by atoms with Crippen molar-refractivity contribution >= 4 is 34.9 Å². The van der Waals surface area contributed by atoms with E-state index in [1.54, 1.807) is 0 Å². The molecule has 1 N–H and O–H groups in total. The van der Waals surface area contributed by atoms with E-state index in [0.717, 1.165) is 11.6 Å². The van der Waals surface area contributed by atoms with Gasteiger partial charge in [0.2, 0.25) is 0 Å². The van der Waals surface area contributed by atoms with E-state index in [1.165, 1.54) is 12.1 Å². The summed E-state index contributed by atoms with van der Waals surface area (Å²) in [5, 5.41) is 13.2. The van der Waals surface area contributed by atoms with Crippen LogP contribution in [0.4, 0.5) is 11.4 Å². The molecule has 0 saturated heterocycles. The van der Waals surface area contributed by atoms with Crippen molar-refractivity contribution in [2.45, 2.75) is 19.3 Å². The molecular formula is C18H17ClN2O5. The summed E-state index contributed by atoms with van der Waals surface area (Å²) >= 11 is 5.91. The number of carbonyl (C=O) groups excluding carboxylic acids is 2. The maximum Gasteiger partial charge on any atom is 0.313 e. The Kier molecular flexibility index (Phi) is 6.68. The number of carbonyl (C=O) groups is 2. The maximum atomic E-state index is 12.2. The van der Waals surface area contributed by atoms with E-state index >= 15 is 0 Å². The molecular weight excluding hydrogens is 360 g/mol. The van der Waals surface area contributed by atoms with Crippen LogP contribution in [0.2, 0.25) is 5.02 Å². The Balaban J connectivity index is 1.94. The van der Waals surface area contributed by atoms with Crippen molar-refractivity contribution in [3.05, 3.63) is 69.2 Å². The summed E-state index contributed by atoms with van der Waals surface area (Å²) in [6.07, 6.45) is 0.540. The van der Waals surface area contributed by atoms with E-state index in [2.05, 4.69) is 5.32 Å². The summed E-state index contributed by atoms with van der Waals surface area (Å²) in [5.41, 5.74) is 0.834. The quantitative estimate of drug-likeness (QED) is 0.448. The van der Waals surface area contributed by atoms with Gasteiger partial charge in [0, 0.05) is 12.1 Å². The molecule has 7 nitrogen and oxygen atoms in total. The van der Waals surface area contributed by atoms with Gasteiger partial charge in [0.1, 0.15) is 0 Å². The minimum absolute atomic E-state index is 0.0228. The van der Waals surface area contributed by atoms with Crippen LogP contribution in [0.3, 0.4) is 0 Å². The van der Waals surface area contributed by atoms with Crippen LogP contribution in [0.25, 0.3) is 0 Å². The van der Waals surface area contributed by atoms with Crippen molar-refractivity contribution in [2.75, 3.05) is 11.9 Å². The first-order valence-electron chi connectivity index (χ1n) is 7.87. The summed E-state index contributed by atoms with van der Waals surface area (Å²) in [5.74, 6) is -1.53. The third kappa shape index (κ3) is 5.03. The fraction of sp³-hybridized carbons (Fsp3) is 0.222. The number of halogens is 1. The first kappa shape index (κ1) is 19.4. The van der Waals surface area contributed by atoms with Crippen molar-refractivity contribution in [1.29, 1.82) is 0 Å². The van der Waals surface area contributed by atoms with Gasteiger partial charge in [-0.05, 0) is 18.1 Å². The monoisotopic (exact) mass is 376 g/mol. The molecule has 0 aliphatic rings. The summed E-state index contributed by atoms with van der Waals surface area (Å²) in [4.78, 5) is 34.3. The molecule has 1 atom stereocenters. The number of esters is 1. The number of nitrogens with zero attached hydrogens (tertiary/aromatic N) is 1. The first-order chi connectivity index (χ1) is 12.4. The van der Waals surface area contributed by atoms with Crippen LogP contribution < -0.4 is 5.32 Å². The van der Waals surface area contributed by atoms with Crippen molar-refractivity contribution in [1.82, 2.24) is 0 Å². The molecule has 0 aliphatic carbocycles. The molecule has 8 heteroatoms. The minimum atomic E-state index is -0.590. The summed E-state index contributed by atoms with van der Waals surface area (Å²) < 4.78 is 5.08. The molecule has 0 radical (unpaired) electrons. The van der Waals surface area contributed by atoms with Crippen LogP contribution >= 0.6 is 11.6 Å². The average molecular weight is 377 g/mol. The number of nitro groups is 1. The smallest absolute Gasteiger partial charge is 0.313 e. The van der Waals surface area contributed by atoms with E-state index < -0.39 is 29.3 Å². The number of benzene rings is 2. The van der Waals surface area contributed by atoms with Gasteiger partial charge in [0.05, 0.1) is 21.6 Å². The predicted molar refractivity (Wildman–Crippen MR) is 97.2 cm³/mol. The van der Waals surface area contributed by atoms with Crippen LogP contribution in [0.1, 0.15) is 24.8 Å². The Morgan fingerprint density at radius 2 is 1.92 bits per heavy atom. The summed E-state index contributed by atoms with van der Waals surface area (Å²) in [6.45, 7) is 1.38. The Labute approximate surface area is 155 Å². The molecule has 0 aromatic heterocycles. The highest BCUT2D eigenvalue weighted by Crippen LogP contribution is 2.26. The van der Waals surface area contributed by atoms with Gasteiger partial charge in [-0.3, -0.25) is 19.7 Å².